The number of aromatic amines is 1. The highest BCUT2D eigenvalue weighted by Crippen LogP contribution is 2.31. The van der Waals surface area contributed by atoms with Gasteiger partial charge >= 0.3 is 0 Å². The van der Waals surface area contributed by atoms with Crippen molar-refractivity contribution in [2.75, 3.05) is 18.4 Å². The Bertz CT molecular complexity index is 869. The van der Waals surface area contributed by atoms with Gasteiger partial charge in [-0.1, -0.05) is 0 Å². The minimum absolute atomic E-state index is 0.464. The molecule has 0 atom stereocenters. The number of piperidine rings is 1. The Kier molecular flexibility index (Phi) is 3.90. The van der Waals surface area contributed by atoms with E-state index in [0.29, 0.717) is 17.4 Å². The number of nitrogens with one attached hydrogen (secondary N) is 3. The highest BCUT2D eigenvalue weighted by Gasteiger charge is 2.19. The monoisotopic (exact) mass is 328 g/mol. The zero-order valence-corrected chi connectivity index (χ0v) is 13.1. The van der Waals surface area contributed by atoms with E-state index < -0.39 is 11.6 Å². The van der Waals surface area contributed by atoms with Crippen LogP contribution in [0.5, 0.6) is 0 Å². The Labute approximate surface area is 138 Å². The van der Waals surface area contributed by atoms with Gasteiger partial charge in [-0.15, -0.1) is 0 Å². The van der Waals surface area contributed by atoms with Crippen molar-refractivity contribution in [2.24, 2.45) is 0 Å². The maximum Gasteiger partial charge on any atom is 0.160 e. The van der Waals surface area contributed by atoms with Gasteiger partial charge in [0.1, 0.15) is 11.5 Å². The fourth-order valence-electron chi connectivity index (χ4n) is 3.29. The second kappa shape index (κ2) is 6.20. The maximum absolute atomic E-state index is 13.3. The lowest BCUT2D eigenvalue weighted by Gasteiger charge is -2.22. The third-order valence-corrected chi connectivity index (χ3v) is 4.54. The Balaban J connectivity index is 1.60. The fraction of sp³-hybridized carbons (Fsp3) is 0.278. The van der Waals surface area contributed by atoms with E-state index in [1.54, 1.807) is 0 Å². The molecule has 0 spiro atoms. The molecule has 0 amide bonds. The minimum Gasteiger partial charge on any atom is -0.346 e. The Morgan fingerprint density at radius 2 is 1.88 bits per heavy atom. The van der Waals surface area contributed by atoms with Gasteiger partial charge in [0, 0.05) is 23.3 Å². The molecule has 1 aliphatic heterocycles. The molecule has 24 heavy (non-hydrogen) atoms. The standard InChI is InChI=1S/C18H18F2N4/c19-15-3-1-12(9-16(15)20)23-17-4-2-13-14(10-22-18(13)24-17)11-5-7-21-8-6-11/h1-4,9-11,21H,5-8H2,(H2,22,23,24). The lowest BCUT2D eigenvalue weighted by molar-refractivity contribution is 0.462. The summed E-state index contributed by atoms with van der Waals surface area (Å²) in [5.41, 5.74) is 2.57. The molecule has 124 valence electrons. The van der Waals surface area contributed by atoms with Crippen molar-refractivity contribution in [1.29, 1.82) is 0 Å². The second-order valence-electron chi connectivity index (χ2n) is 6.11. The van der Waals surface area contributed by atoms with Gasteiger partial charge in [-0.05, 0) is 61.7 Å². The number of H-pyrrole nitrogens is 1. The van der Waals surface area contributed by atoms with Crippen molar-refractivity contribution in [3.8, 4) is 0 Å². The van der Waals surface area contributed by atoms with Crippen molar-refractivity contribution in [3.05, 3.63) is 53.7 Å². The summed E-state index contributed by atoms with van der Waals surface area (Å²) in [4.78, 5) is 7.77. The lowest BCUT2D eigenvalue weighted by Crippen LogP contribution is -2.26. The molecule has 2 aromatic heterocycles. The first-order valence-electron chi connectivity index (χ1n) is 8.11. The average Bonchev–Trinajstić information content (AvgIpc) is 3.02. The van der Waals surface area contributed by atoms with Crippen LogP contribution in [0.15, 0.2) is 36.5 Å². The highest BCUT2D eigenvalue weighted by atomic mass is 19.2. The molecule has 1 aromatic carbocycles. The van der Waals surface area contributed by atoms with E-state index in [0.717, 1.165) is 49.1 Å². The van der Waals surface area contributed by atoms with E-state index in [9.17, 15) is 8.78 Å². The lowest BCUT2D eigenvalue weighted by atomic mass is 9.90. The van der Waals surface area contributed by atoms with E-state index >= 15 is 0 Å². The Hall–Kier alpha value is -2.47. The first kappa shape index (κ1) is 15.1. The summed E-state index contributed by atoms with van der Waals surface area (Å²) in [6.45, 7) is 2.08. The number of nitrogens with zero attached hydrogens (tertiary/aromatic N) is 1. The molecule has 0 radical (unpaired) electrons. The predicted octanol–water partition coefficient (Wildman–Crippen LogP) is 4.05. The van der Waals surface area contributed by atoms with Crippen LogP contribution in [0.25, 0.3) is 11.0 Å². The number of pyridine rings is 1. The van der Waals surface area contributed by atoms with Crippen LogP contribution in [0.1, 0.15) is 24.3 Å². The van der Waals surface area contributed by atoms with Crippen LogP contribution in [0.2, 0.25) is 0 Å². The van der Waals surface area contributed by atoms with Gasteiger partial charge in [0.15, 0.2) is 11.6 Å². The molecule has 4 rings (SSSR count). The molecule has 3 N–H and O–H groups in total. The van der Waals surface area contributed by atoms with Crippen molar-refractivity contribution >= 4 is 22.5 Å². The van der Waals surface area contributed by atoms with Gasteiger partial charge in [-0.2, -0.15) is 0 Å². The number of benzene rings is 1. The number of halogens is 2. The van der Waals surface area contributed by atoms with Gasteiger partial charge in [0.25, 0.3) is 0 Å². The smallest absolute Gasteiger partial charge is 0.160 e. The summed E-state index contributed by atoms with van der Waals surface area (Å²) < 4.78 is 26.3. The van der Waals surface area contributed by atoms with Gasteiger partial charge in [-0.3, -0.25) is 0 Å². The summed E-state index contributed by atoms with van der Waals surface area (Å²) in [5.74, 6) is -0.604. The third-order valence-electron chi connectivity index (χ3n) is 4.54. The molecule has 0 unspecified atom stereocenters. The SMILES string of the molecule is Fc1ccc(Nc2ccc3c(C4CCNCC4)c[nH]c3n2)cc1F. The molecule has 4 nitrogen and oxygen atoms in total. The molecular weight excluding hydrogens is 310 g/mol. The minimum atomic E-state index is -0.880. The summed E-state index contributed by atoms with van der Waals surface area (Å²) in [6.07, 6.45) is 4.29. The molecule has 3 heterocycles. The summed E-state index contributed by atoms with van der Waals surface area (Å²) in [7, 11) is 0. The molecule has 1 fully saturated rings. The van der Waals surface area contributed by atoms with Crippen LogP contribution in [-0.2, 0) is 0 Å². The van der Waals surface area contributed by atoms with Crippen molar-refractivity contribution in [2.45, 2.75) is 18.8 Å². The molecule has 0 saturated carbocycles. The largest absolute Gasteiger partial charge is 0.346 e. The van der Waals surface area contributed by atoms with Gasteiger partial charge in [0.2, 0.25) is 0 Å². The topological polar surface area (TPSA) is 52.7 Å². The average molecular weight is 328 g/mol. The van der Waals surface area contributed by atoms with Crippen LogP contribution < -0.4 is 10.6 Å². The molecule has 0 aliphatic carbocycles. The van der Waals surface area contributed by atoms with Crippen molar-refractivity contribution in [3.63, 3.8) is 0 Å². The first-order chi connectivity index (χ1) is 11.7. The zero-order chi connectivity index (χ0) is 16.5. The van der Waals surface area contributed by atoms with Crippen LogP contribution in [0.4, 0.5) is 20.3 Å². The highest BCUT2D eigenvalue weighted by molar-refractivity contribution is 5.82. The fourth-order valence-corrected chi connectivity index (χ4v) is 3.29. The molecule has 6 heteroatoms. The number of rotatable bonds is 3. The van der Waals surface area contributed by atoms with Gasteiger partial charge in [-0.25, -0.2) is 13.8 Å². The third kappa shape index (κ3) is 2.85. The van der Waals surface area contributed by atoms with Gasteiger partial charge < -0.3 is 15.6 Å². The quantitative estimate of drug-likeness (QED) is 0.680. The van der Waals surface area contributed by atoms with E-state index in [4.69, 9.17) is 0 Å². The van der Waals surface area contributed by atoms with Crippen LogP contribution >= 0.6 is 0 Å². The first-order valence-corrected chi connectivity index (χ1v) is 8.11. The number of hydrogen-bond donors (Lipinski definition) is 3. The second-order valence-corrected chi connectivity index (χ2v) is 6.11. The molecular formula is C18H18F2N4. The summed E-state index contributed by atoms with van der Waals surface area (Å²) in [6, 6.07) is 7.59. The number of hydrogen-bond acceptors (Lipinski definition) is 3. The van der Waals surface area contributed by atoms with E-state index in [-0.39, 0.29) is 0 Å². The van der Waals surface area contributed by atoms with Crippen molar-refractivity contribution in [1.82, 2.24) is 15.3 Å². The van der Waals surface area contributed by atoms with Crippen LogP contribution in [-0.4, -0.2) is 23.1 Å². The zero-order valence-electron chi connectivity index (χ0n) is 13.1. The van der Waals surface area contributed by atoms with Gasteiger partial charge in [0.05, 0.1) is 0 Å². The predicted molar refractivity (Wildman–Crippen MR) is 90.6 cm³/mol. The maximum atomic E-state index is 13.3. The molecule has 0 bridgehead atoms. The van der Waals surface area contributed by atoms with Crippen molar-refractivity contribution < 1.29 is 8.78 Å². The summed E-state index contributed by atoms with van der Waals surface area (Å²) >= 11 is 0. The van der Waals surface area contributed by atoms with E-state index in [2.05, 4.69) is 20.6 Å². The number of fused-ring (bicyclic) bond motifs is 1. The Morgan fingerprint density at radius 1 is 1.04 bits per heavy atom. The summed E-state index contributed by atoms with van der Waals surface area (Å²) in [5, 5.41) is 7.50. The molecule has 1 saturated heterocycles. The van der Waals surface area contributed by atoms with Crippen LogP contribution in [0.3, 0.4) is 0 Å². The van der Waals surface area contributed by atoms with Crippen LogP contribution in [0, 0.1) is 11.6 Å². The number of anilines is 2. The number of aromatic nitrogens is 2. The van der Waals surface area contributed by atoms with E-state index in [1.807, 2.05) is 18.3 Å². The normalized spacial score (nSPS) is 15.8. The van der Waals surface area contributed by atoms with E-state index in [1.165, 1.54) is 11.6 Å². The molecule has 3 aromatic rings. The molecule has 1 aliphatic rings. The Morgan fingerprint density at radius 3 is 2.67 bits per heavy atom.